The second kappa shape index (κ2) is 5.64. The average molecular weight is 225 g/mol. The van der Waals surface area contributed by atoms with Crippen LogP contribution in [-0.4, -0.2) is 49.6 Å². The van der Waals surface area contributed by atoms with Crippen LogP contribution in [0, 0.1) is 0 Å². The average Bonchev–Trinajstić information content (AvgIpc) is 3.05. The zero-order chi connectivity index (χ0) is 11.4. The van der Waals surface area contributed by atoms with Crippen LogP contribution in [0.1, 0.15) is 32.1 Å². The van der Waals surface area contributed by atoms with E-state index in [2.05, 4.69) is 22.6 Å². The van der Waals surface area contributed by atoms with E-state index in [0.29, 0.717) is 18.5 Å². The van der Waals surface area contributed by atoms with Crippen molar-refractivity contribution in [2.75, 3.05) is 26.7 Å². The molecule has 92 valence electrons. The standard InChI is InChI=1S/C12H23N3O/c1-15-8-5-11(6-9-15)14-12(16)4-7-13-10-2-3-10/h10-11,13H,2-9H2,1H3,(H,14,16). The number of rotatable bonds is 5. The minimum absolute atomic E-state index is 0.211. The molecule has 0 aromatic heterocycles. The molecule has 0 unspecified atom stereocenters. The summed E-state index contributed by atoms with van der Waals surface area (Å²) in [5.41, 5.74) is 0. The summed E-state index contributed by atoms with van der Waals surface area (Å²) in [6.07, 6.45) is 5.40. The summed E-state index contributed by atoms with van der Waals surface area (Å²) in [5, 5.41) is 6.49. The van der Waals surface area contributed by atoms with Crippen LogP contribution in [-0.2, 0) is 4.79 Å². The Morgan fingerprint density at radius 3 is 2.50 bits per heavy atom. The first-order valence-electron chi connectivity index (χ1n) is 6.45. The second-order valence-electron chi connectivity index (χ2n) is 5.12. The number of carbonyl (C=O) groups is 1. The van der Waals surface area contributed by atoms with Gasteiger partial charge < -0.3 is 15.5 Å². The maximum absolute atomic E-state index is 11.6. The van der Waals surface area contributed by atoms with E-state index in [1.807, 2.05) is 0 Å². The fourth-order valence-corrected chi connectivity index (χ4v) is 2.13. The Kier molecular flexibility index (Phi) is 4.18. The van der Waals surface area contributed by atoms with Crippen molar-refractivity contribution in [3.8, 4) is 0 Å². The van der Waals surface area contributed by atoms with Gasteiger partial charge in [-0.15, -0.1) is 0 Å². The van der Waals surface area contributed by atoms with E-state index in [4.69, 9.17) is 0 Å². The van der Waals surface area contributed by atoms with Gasteiger partial charge in [0, 0.05) is 25.0 Å². The molecule has 0 atom stereocenters. The van der Waals surface area contributed by atoms with Crippen LogP contribution in [0.2, 0.25) is 0 Å². The van der Waals surface area contributed by atoms with E-state index < -0.39 is 0 Å². The van der Waals surface area contributed by atoms with Gasteiger partial charge >= 0.3 is 0 Å². The molecule has 16 heavy (non-hydrogen) atoms. The Balaban J connectivity index is 1.55. The predicted molar refractivity (Wildman–Crippen MR) is 64.3 cm³/mol. The SMILES string of the molecule is CN1CCC(NC(=O)CCNC2CC2)CC1. The third-order valence-electron chi connectivity index (χ3n) is 3.45. The van der Waals surface area contributed by atoms with E-state index in [0.717, 1.165) is 32.5 Å². The maximum Gasteiger partial charge on any atom is 0.221 e. The highest BCUT2D eigenvalue weighted by molar-refractivity contribution is 5.76. The quantitative estimate of drug-likeness (QED) is 0.709. The normalized spacial score (nSPS) is 23.3. The van der Waals surface area contributed by atoms with Crippen LogP contribution in [0.3, 0.4) is 0 Å². The first kappa shape index (κ1) is 11.9. The zero-order valence-corrected chi connectivity index (χ0v) is 10.2. The molecule has 1 saturated heterocycles. The molecule has 2 N–H and O–H groups in total. The van der Waals surface area contributed by atoms with E-state index in [1.54, 1.807) is 0 Å². The maximum atomic E-state index is 11.6. The minimum atomic E-state index is 0.211. The predicted octanol–water partition coefficient (Wildman–Crippen LogP) is 0.339. The van der Waals surface area contributed by atoms with Gasteiger partial charge in [-0.05, 0) is 45.8 Å². The molecule has 2 aliphatic rings. The van der Waals surface area contributed by atoms with Crippen LogP contribution in [0.4, 0.5) is 0 Å². The largest absolute Gasteiger partial charge is 0.353 e. The van der Waals surface area contributed by atoms with Gasteiger partial charge in [0.05, 0.1) is 0 Å². The molecule has 2 rings (SSSR count). The molecule has 1 heterocycles. The summed E-state index contributed by atoms with van der Waals surface area (Å²) >= 11 is 0. The van der Waals surface area contributed by atoms with Crippen molar-refractivity contribution in [2.45, 2.75) is 44.2 Å². The summed E-state index contributed by atoms with van der Waals surface area (Å²) in [6, 6.07) is 1.11. The van der Waals surface area contributed by atoms with Crippen molar-refractivity contribution in [1.29, 1.82) is 0 Å². The van der Waals surface area contributed by atoms with Gasteiger partial charge in [-0.3, -0.25) is 4.79 Å². The van der Waals surface area contributed by atoms with Crippen LogP contribution >= 0.6 is 0 Å². The van der Waals surface area contributed by atoms with Crippen molar-refractivity contribution >= 4 is 5.91 Å². The highest BCUT2D eigenvalue weighted by atomic mass is 16.1. The topological polar surface area (TPSA) is 44.4 Å². The molecule has 0 spiro atoms. The Bertz CT molecular complexity index is 232. The Labute approximate surface area is 97.8 Å². The molecule has 2 fully saturated rings. The summed E-state index contributed by atoms with van der Waals surface area (Å²) in [7, 11) is 2.14. The van der Waals surface area contributed by atoms with E-state index in [-0.39, 0.29) is 5.91 Å². The van der Waals surface area contributed by atoms with Gasteiger partial charge in [0.1, 0.15) is 0 Å². The number of hydrogen-bond donors (Lipinski definition) is 2. The second-order valence-corrected chi connectivity index (χ2v) is 5.12. The highest BCUT2D eigenvalue weighted by Crippen LogP contribution is 2.18. The summed E-state index contributed by atoms with van der Waals surface area (Å²) < 4.78 is 0. The fourth-order valence-electron chi connectivity index (χ4n) is 2.13. The molecule has 0 aromatic carbocycles. The molecule has 1 amide bonds. The molecule has 0 bridgehead atoms. The number of likely N-dealkylation sites (tertiary alicyclic amines) is 1. The van der Waals surface area contributed by atoms with Crippen LogP contribution in [0.5, 0.6) is 0 Å². The number of nitrogens with one attached hydrogen (secondary N) is 2. The highest BCUT2D eigenvalue weighted by Gasteiger charge is 2.21. The molecule has 1 aliphatic carbocycles. The number of nitrogens with zero attached hydrogens (tertiary/aromatic N) is 1. The first-order valence-corrected chi connectivity index (χ1v) is 6.45. The molecule has 0 radical (unpaired) electrons. The van der Waals surface area contributed by atoms with Gasteiger partial charge in [-0.25, -0.2) is 0 Å². The van der Waals surface area contributed by atoms with Crippen molar-refractivity contribution in [3.63, 3.8) is 0 Å². The van der Waals surface area contributed by atoms with Gasteiger partial charge in [0.2, 0.25) is 5.91 Å². The lowest BCUT2D eigenvalue weighted by Gasteiger charge is -2.29. The van der Waals surface area contributed by atoms with Gasteiger partial charge in [0.25, 0.3) is 0 Å². The Morgan fingerprint density at radius 1 is 1.19 bits per heavy atom. The third kappa shape index (κ3) is 4.10. The van der Waals surface area contributed by atoms with E-state index in [1.165, 1.54) is 12.8 Å². The monoisotopic (exact) mass is 225 g/mol. The van der Waals surface area contributed by atoms with Gasteiger partial charge in [0.15, 0.2) is 0 Å². The van der Waals surface area contributed by atoms with E-state index >= 15 is 0 Å². The van der Waals surface area contributed by atoms with Crippen LogP contribution in [0.15, 0.2) is 0 Å². The summed E-state index contributed by atoms with van der Waals surface area (Å²) in [6.45, 7) is 3.04. The molecule has 4 nitrogen and oxygen atoms in total. The van der Waals surface area contributed by atoms with Crippen molar-refractivity contribution in [3.05, 3.63) is 0 Å². The molecular formula is C12H23N3O. The summed E-state index contributed by atoms with van der Waals surface area (Å²) in [5.74, 6) is 0.211. The minimum Gasteiger partial charge on any atom is -0.353 e. The number of hydrogen-bond acceptors (Lipinski definition) is 3. The number of amides is 1. The third-order valence-corrected chi connectivity index (χ3v) is 3.45. The lowest BCUT2D eigenvalue weighted by Crippen LogP contribution is -2.43. The molecule has 0 aromatic rings. The molecular weight excluding hydrogens is 202 g/mol. The molecule has 4 heteroatoms. The Hall–Kier alpha value is -0.610. The summed E-state index contributed by atoms with van der Waals surface area (Å²) in [4.78, 5) is 13.9. The number of piperidine rings is 1. The van der Waals surface area contributed by atoms with E-state index in [9.17, 15) is 4.79 Å². The Morgan fingerprint density at radius 2 is 1.88 bits per heavy atom. The van der Waals surface area contributed by atoms with Crippen molar-refractivity contribution < 1.29 is 4.79 Å². The smallest absolute Gasteiger partial charge is 0.221 e. The van der Waals surface area contributed by atoms with Crippen molar-refractivity contribution in [1.82, 2.24) is 15.5 Å². The van der Waals surface area contributed by atoms with Gasteiger partial charge in [-0.1, -0.05) is 0 Å². The fraction of sp³-hybridized carbons (Fsp3) is 0.917. The lowest BCUT2D eigenvalue weighted by molar-refractivity contribution is -0.122. The lowest BCUT2D eigenvalue weighted by atomic mass is 10.1. The van der Waals surface area contributed by atoms with Crippen LogP contribution < -0.4 is 10.6 Å². The molecule has 1 saturated carbocycles. The number of carbonyl (C=O) groups excluding carboxylic acids is 1. The van der Waals surface area contributed by atoms with Crippen LogP contribution in [0.25, 0.3) is 0 Å². The molecule has 1 aliphatic heterocycles. The van der Waals surface area contributed by atoms with Crippen molar-refractivity contribution in [2.24, 2.45) is 0 Å². The zero-order valence-electron chi connectivity index (χ0n) is 10.2. The van der Waals surface area contributed by atoms with Gasteiger partial charge in [-0.2, -0.15) is 0 Å². The first-order chi connectivity index (χ1) is 7.74.